The summed E-state index contributed by atoms with van der Waals surface area (Å²) in [7, 11) is 0. The highest BCUT2D eigenvalue weighted by Gasteiger charge is 2.23. The van der Waals surface area contributed by atoms with Gasteiger partial charge in [0.2, 0.25) is 0 Å². The van der Waals surface area contributed by atoms with E-state index in [2.05, 4.69) is 13.8 Å². The van der Waals surface area contributed by atoms with Crippen molar-refractivity contribution in [1.82, 2.24) is 0 Å². The summed E-state index contributed by atoms with van der Waals surface area (Å²) in [6, 6.07) is 7.93. The van der Waals surface area contributed by atoms with E-state index in [1.165, 1.54) is 5.56 Å². The van der Waals surface area contributed by atoms with Gasteiger partial charge >= 0.3 is 5.97 Å². The van der Waals surface area contributed by atoms with Crippen molar-refractivity contribution in [3.63, 3.8) is 0 Å². The van der Waals surface area contributed by atoms with E-state index in [9.17, 15) is 9.90 Å². The molecule has 2 heteroatoms. The predicted molar refractivity (Wildman–Crippen MR) is 65.7 cm³/mol. The third kappa shape index (κ3) is 2.84. The molecule has 88 valence electrons. The molecule has 2 nitrogen and oxygen atoms in total. The summed E-state index contributed by atoms with van der Waals surface area (Å²) >= 11 is 0. The lowest BCUT2D eigenvalue weighted by atomic mass is 9.87. The third-order valence-electron chi connectivity index (χ3n) is 2.89. The van der Waals surface area contributed by atoms with E-state index >= 15 is 0 Å². The number of benzene rings is 1. The summed E-state index contributed by atoms with van der Waals surface area (Å²) in [6.07, 6.45) is 0. The van der Waals surface area contributed by atoms with Crippen molar-refractivity contribution in [3.8, 4) is 0 Å². The first kappa shape index (κ1) is 12.8. The molecule has 1 atom stereocenters. The number of carbonyl (C=O) groups is 1. The van der Waals surface area contributed by atoms with Gasteiger partial charge in [-0.25, -0.2) is 0 Å². The van der Waals surface area contributed by atoms with Crippen LogP contribution in [0.4, 0.5) is 0 Å². The van der Waals surface area contributed by atoms with Crippen molar-refractivity contribution in [3.05, 3.63) is 35.4 Å². The zero-order valence-electron chi connectivity index (χ0n) is 10.4. The van der Waals surface area contributed by atoms with E-state index in [-0.39, 0.29) is 5.92 Å². The van der Waals surface area contributed by atoms with Gasteiger partial charge in [-0.05, 0) is 23.0 Å². The van der Waals surface area contributed by atoms with Crippen LogP contribution in [-0.2, 0) is 4.79 Å². The standard InChI is InChI=1S/C14H20O2/c1-9(2)11-5-7-12(8-6-11)13(10(3)4)14(15)16/h5-10,13H,1-4H3,(H,15,16)/t13-/m0/s1. The molecular formula is C14H20O2. The van der Waals surface area contributed by atoms with E-state index in [0.29, 0.717) is 5.92 Å². The number of rotatable bonds is 4. The van der Waals surface area contributed by atoms with Crippen LogP contribution in [0.25, 0.3) is 0 Å². The van der Waals surface area contributed by atoms with E-state index in [0.717, 1.165) is 5.56 Å². The molecule has 0 saturated carbocycles. The molecule has 0 aromatic heterocycles. The Hall–Kier alpha value is -1.31. The van der Waals surface area contributed by atoms with Crippen LogP contribution in [0.3, 0.4) is 0 Å². The van der Waals surface area contributed by atoms with Gasteiger partial charge in [0, 0.05) is 0 Å². The van der Waals surface area contributed by atoms with E-state index in [4.69, 9.17) is 0 Å². The maximum Gasteiger partial charge on any atom is 0.311 e. The second-order valence-electron chi connectivity index (χ2n) is 4.88. The van der Waals surface area contributed by atoms with Gasteiger partial charge < -0.3 is 5.11 Å². The summed E-state index contributed by atoms with van der Waals surface area (Å²) in [5.74, 6) is -0.549. The van der Waals surface area contributed by atoms with E-state index in [1.807, 2.05) is 38.1 Å². The van der Waals surface area contributed by atoms with Crippen LogP contribution in [0.1, 0.15) is 50.7 Å². The molecule has 0 aliphatic heterocycles. The highest BCUT2D eigenvalue weighted by Crippen LogP contribution is 2.26. The Bertz CT molecular complexity index is 350. The lowest BCUT2D eigenvalue weighted by Gasteiger charge is -2.17. The Balaban J connectivity index is 2.99. The van der Waals surface area contributed by atoms with E-state index in [1.54, 1.807) is 0 Å². The quantitative estimate of drug-likeness (QED) is 0.841. The summed E-state index contributed by atoms with van der Waals surface area (Å²) in [4.78, 5) is 11.2. The van der Waals surface area contributed by atoms with Gasteiger partial charge in [-0.3, -0.25) is 4.79 Å². The van der Waals surface area contributed by atoms with Crippen molar-refractivity contribution < 1.29 is 9.90 Å². The predicted octanol–water partition coefficient (Wildman–Crippen LogP) is 3.63. The van der Waals surface area contributed by atoms with Crippen molar-refractivity contribution in [2.24, 2.45) is 5.92 Å². The van der Waals surface area contributed by atoms with Gasteiger partial charge in [0.1, 0.15) is 0 Å². The second-order valence-corrected chi connectivity index (χ2v) is 4.88. The monoisotopic (exact) mass is 220 g/mol. The first-order valence-corrected chi connectivity index (χ1v) is 5.76. The molecule has 0 bridgehead atoms. The minimum atomic E-state index is -0.743. The zero-order valence-corrected chi connectivity index (χ0v) is 10.4. The summed E-state index contributed by atoms with van der Waals surface area (Å²) in [5.41, 5.74) is 2.14. The van der Waals surface area contributed by atoms with Gasteiger partial charge in [0.15, 0.2) is 0 Å². The number of carboxylic acid groups (broad SMARTS) is 1. The maximum absolute atomic E-state index is 11.2. The number of carboxylic acids is 1. The van der Waals surface area contributed by atoms with Crippen molar-refractivity contribution in [2.75, 3.05) is 0 Å². The van der Waals surface area contributed by atoms with Crippen LogP contribution < -0.4 is 0 Å². The Kier molecular flexibility index (Phi) is 4.11. The average molecular weight is 220 g/mol. The van der Waals surface area contributed by atoms with Crippen LogP contribution in [-0.4, -0.2) is 11.1 Å². The molecule has 0 spiro atoms. The fourth-order valence-electron chi connectivity index (χ4n) is 1.90. The number of hydrogen-bond acceptors (Lipinski definition) is 1. The molecule has 0 unspecified atom stereocenters. The van der Waals surface area contributed by atoms with Crippen molar-refractivity contribution >= 4 is 5.97 Å². The Morgan fingerprint density at radius 1 is 1.00 bits per heavy atom. The fraction of sp³-hybridized carbons (Fsp3) is 0.500. The lowest BCUT2D eigenvalue weighted by molar-refractivity contribution is -0.139. The van der Waals surface area contributed by atoms with Crippen LogP contribution in [0.15, 0.2) is 24.3 Å². The molecule has 1 aromatic rings. The Labute approximate surface area is 97.3 Å². The summed E-state index contributed by atoms with van der Waals surface area (Å²) in [5, 5.41) is 9.18. The minimum Gasteiger partial charge on any atom is -0.481 e. The van der Waals surface area contributed by atoms with Crippen LogP contribution in [0.5, 0.6) is 0 Å². The van der Waals surface area contributed by atoms with Crippen molar-refractivity contribution in [1.29, 1.82) is 0 Å². The number of hydrogen-bond donors (Lipinski definition) is 1. The summed E-state index contributed by atoms with van der Waals surface area (Å²) < 4.78 is 0. The third-order valence-corrected chi connectivity index (χ3v) is 2.89. The van der Waals surface area contributed by atoms with E-state index < -0.39 is 11.9 Å². The smallest absolute Gasteiger partial charge is 0.311 e. The zero-order chi connectivity index (χ0) is 12.3. The average Bonchev–Trinajstić information content (AvgIpc) is 2.17. The van der Waals surface area contributed by atoms with Crippen LogP contribution in [0.2, 0.25) is 0 Å². The first-order valence-electron chi connectivity index (χ1n) is 5.76. The largest absolute Gasteiger partial charge is 0.481 e. The van der Waals surface area contributed by atoms with Crippen LogP contribution >= 0.6 is 0 Å². The molecule has 0 heterocycles. The molecule has 0 fully saturated rings. The molecule has 0 aliphatic rings. The molecule has 0 amide bonds. The molecule has 0 saturated heterocycles. The molecule has 16 heavy (non-hydrogen) atoms. The molecule has 0 radical (unpaired) electrons. The normalized spacial score (nSPS) is 13.1. The Morgan fingerprint density at radius 2 is 1.44 bits per heavy atom. The highest BCUT2D eigenvalue weighted by atomic mass is 16.4. The molecule has 1 N–H and O–H groups in total. The maximum atomic E-state index is 11.2. The molecule has 0 aliphatic carbocycles. The topological polar surface area (TPSA) is 37.3 Å². The van der Waals surface area contributed by atoms with Gasteiger partial charge in [0.25, 0.3) is 0 Å². The molecule has 1 aromatic carbocycles. The second kappa shape index (κ2) is 5.15. The highest BCUT2D eigenvalue weighted by molar-refractivity contribution is 5.76. The van der Waals surface area contributed by atoms with Gasteiger partial charge in [-0.15, -0.1) is 0 Å². The van der Waals surface area contributed by atoms with Gasteiger partial charge in [-0.1, -0.05) is 52.0 Å². The van der Waals surface area contributed by atoms with Crippen LogP contribution in [0, 0.1) is 5.92 Å². The first-order chi connectivity index (χ1) is 7.43. The summed E-state index contributed by atoms with van der Waals surface area (Å²) in [6.45, 7) is 8.14. The SMILES string of the molecule is CC(C)c1ccc([C@@H](C(=O)O)C(C)C)cc1. The van der Waals surface area contributed by atoms with Gasteiger partial charge in [-0.2, -0.15) is 0 Å². The fourth-order valence-corrected chi connectivity index (χ4v) is 1.90. The number of aliphatic carboxylic acids is 1. The van der Waals surface area contributed by atoms with Gasteiger partial charge in [0.05, 0.1) is 5.92 Å². The van der Waals surface area contributed by atoms with Crippen molar-refractivity contribution in [2.45, 2.75) is 39.5 Å². The Morgan fingerprint density at radius 3 is 1.75 bits per heavy atom. The molecule has 1 rings (SSSR count). The molecular weight excluding hydrogens is 200 g/mol. The lowest BCUT2D eigenvalue weighted by Crippen LogP contribution is -2.17. The minimum absolute atomic E-state index is 0.113.